The molecule has 1 N–H and O–H groups in total. The van der Waals surface area contributed by atoms with Crippen molar-refractivity contribution in [1.82, 2.24) is 5.32 Å². The van der Waals surface area contributed by atoms with E-state index in [1.165, 1.54) is 6.08 Å². The van der Waals surface area contributed by atoms with Crippen LogP contribution in [0.1, 0.15) is 27.2 Å². The van der Waals surface area contributed by atoms with Crippen molar-refractivity contribution in [3.8, 4) is 0 Å². The highest BCUT2D eigenvalue weighted by Crippen LogP contribution is 2.42. The van der Waals surface area contributed by atoms with E-state index in [9.17, 15) is 14.4 Å². The summed E-state index contributed by atoms with van der Waals surface area (Å²) in [6.07, 6.45) is 1.07. The van der Waals surface area contributed by atoms with Crippen LogP contribution in [0.3, 0.4) is 0 Å². The Morgan fingerprint density at radius 2 is 2.24 bits per heavy atom. The Balaban J connectivity index is 2.22. The third kappa shape index (κ3) is 1.61. The number of rotatable bonds is 3. The van der Waals surface area contributed by atoms with Crippen LogP contribution in [0.4, 0.5) is 0 Å². The first-order chi connectivity index (χ1) is 7.93. The van der Waals surface area contributed by atoms with E-state index in [1.54, 1.807) is 13.8 Å². The molecule has 1 amide bonds. The summed E-state index contributed by atoms with van der Waals surface area (Å²) in [5.41, 5.74) is -1.09. The van der Waals surface area contributed by atoms with E-state index in [4.69, 9.17) is 4.74 Å². The molecule has 2 heterocycles. The van der Waals surface area contributed by atoms with Crippen molar-refractivity contribution < 1.29 is 19.1 Å². The van der Waals surface area contributed by atoms with Crippen LogP contribution >= 0.6 is 0 Å². The van der Waals surface area contributed by atoms with Gasteiger partial charge in [0.1, 0.15) is 0 Å². The number of ether oxygens (including phenoxy) is 1. The number of nitrogens with one attached hydrogen (secondary N) is 1. The Morgan fingerprint density at radius 3 is 2.76 bits per heavy atom. The normalized spacial score (nSPS) is 33.1. The molecule has 1 fully saturated rings. The fourth-order valence-electron chi connectivity index (χ4n) is 1.95. The first kappa shape index (κ1) is 12.0. The zero-order valence-electron chi connectivity index (χ0n) is 10.1. The fourth-order valence-corrected chi connectivity index (χ4v) is 1.95. The minimum absolute atomic E-state index is 0.177. The standard InChI is InChI=1S/C12H15NO4/c1-4-6(2)9(15)10-12(17-10)8(14)5-7(3)13-11(12)16/h5-6,10H,4H2,1-3H3,(H,13,16)/t6-,10-,12-/m1/s1. The molecular formula is C12H15NO4. The van der Waals surface area contributed by atoms with Crippen molar-refractivity contribution in [3.63, 3.8) is 0 Å². The van der Waals surface area contributed by atoms with Crippen LogP contribution in [-0.4, -0.2) is 29.2 Å². The predicted molar refractivity (Wildman–Crippen MR) is 59.0 cm³/mol. The molecule has 0 aromatic heterocycles. The van der Waals surface area contributed by atoms with E-state index >= 15 is 0 Å². The molecule has 5 nitrogen and oxygen atoms in total. The number of epoxide rings is 1. The summed E-state index contributed by atoms with van der Waals surface area (Å²) in [6.45, 7) is 5.27. The van der Waals surface area contributed by atoms with E-state index in [0.717, 1.165) is 0 Å². The van der Waals surface area contributed by atoms with Gasteiger partial charge >= 0.3 is 0 Å². The lowest BCUT2D eigenvalue weighted by Crippen LogP contribution is -2.49. The molecule has 1 saturated heterocycles. The van der Waals surface area contributed by atoms with E-state index in [2.05, 4.69) is 5.32 Å². The quantitative estimate of drug-likeness (QED) is 0.567. The van der Waals surface area contributed by atoms with Crippen LogP contribution in [0.15, 0.2) is 11.8 Å². The molecule has 2 rings (SSSR count). The Labute approximate surface area is 99.2 Å². The van der Waals surface area contributed by atoms with Crippen molar-refractivity contribution in [2.45, 2.75) is 38.9 Å². The molecule has 0 saturated carbocycles. The second kappa shape index (κ2) is 3.77. The molecule has 0 bridgehead atoms. The SMILES string of the molecule is CC[C@@H](C)C(=O)[C@H]1O[C@]12C(=O)C=C(C)NC2=O. The lowest BCUT2D eigenvalue weighted by molar-refractivity contribution is -0.134. The van der Waals surface area contributed by atoms with Crippen LogP contribution in [-0.2, 0) is 19.1 Å². The van der Waals surface area contributed by atoms with Gasteiger partial charge in [-0.1, -0.05) is 13.8 Å². The van der Waals surface area contributed by atoms with Gasteiger partial charge < -0.3 is 10.1 Å². The molecule has 1 spiro atoms. The van der Waals surface area contributed by atoms with Gasteiger partial charge in [0.25, 0.3) is 5.91 Å². The van der Waals surface area contributed by atoms with Crippen LogP contribution < -0.4 is 5.32 Å². The molecule has 3 atom stereocenters. The molecule has 0 aliphatic carbocycles. The molecule has 92 valence electrons. The molecular weight excluding hydrogens is 222 g/mol. The maximum Gasteiger partial charge on any atom is 0.267 e. The molecule has 0 aromatic rings. The van der Waals surface area contributed by atoms with E-state index in [-0.39, 0.29) is 11.7 Å². The number of hydrogen-bond donors (Lipinski definition) is 1. The lowest BCUT2D eigenvalue weighted by Gasteiger charge is -2.16. The van der Waals surface area contributed by atoms with E-state index in [0.29, 0.717) is 12.1 Å². The molecule has 17 heavy (non-hydrogen) atoms. The summed E-state index contributed by atoms with van der Waals surface area (Å²) < 4.78 is 5.15. The molecule has 0 unspecified atom stereocenters. The zero-order valence-corrected chi connectivity index (χ0v) is 10.1. The number of amides is 1. The van der Waals surface area contributed by atoms with Gasteiger partial charge in [-0.15, -0.1) is 0 Å². The van der Waals surface area contributed by atoms with Crippen molar-refractivity contribution >= 4 is 17.5 Å². The second-order valence-electron chi connectivity index (χ2n) is 4.59. The lowest BCUT2D eigenvalue weighted by atomic mass is 9.88. The summed E-state index contributed by atoms with van der Waals surface area (Å²) in [5.74, 6) is -1.33. The first-order valence-electron chi connectivity index (χ1n) is 5.69. The molecule has 0 aromatic carbocycles. The van der Waals surface area contributed by atoms with Crippen molar-refractivity contribution in [1.29, 1.82) is 0 Å². The monoisotopic (exact) mass is 237 g/mol. The number of Topliss-reactive ketones (excluding diaryl/α,β-unsaturated/α-hetero) is 1. The third-order valence-corrected chi connectivity index (χ3v) is 3.33. The molecule has 2 aliphatic rings. The van der Waals surface area contributed by atoms with Gasteiger partial charge in [-0.25, -0.2) is 0 Å². The van der Waals surface area contributed by atoms with Gasteiger partial charge in [0.05, 0.1) is 0 Å². The van der Waals surface area contributed by atoms with Crippen LogP contribution in [0.2, 0.25) is 0 Å². The Bertz CT molecular complexity index is 440. The largest absolute Gasteiger partial charge is 0.339 e. The van der Waals surface area contributed by atoms with E-state index in [1.807, 2.05) is 6.92 Å². The minimum Gasteiger partial charge on any atom is -0.339 e. The van der Waals surface area contributed by atoms with Crippen molar-refractivity contribution in [2.24, 2.45) is 5.92 Å². The average molecular weight is 237 g/mol. The summed E-state index contributed by atoms with van der Waals surface area (Å²) in [4.78, 5) is 35.5. The summed E-state index contributed by atoms with van der Waals surface area (Å²) >= 11 is 0. The average Bonchev–Trinajstić information content (AvgIpc) is 3.01. The number of hydrogen-bond acceptors (Lipinski definition) is 4. The number of carbonyl (C=O) groups excluding carboxylic acids is 3. The molecule has 0 radical (unpaired) electrons. The first-order valence-corrected chi connectivity index (χ1v) is 5.69. The zero-order chi connectivity index (χ0) is 12.8. The van der Waals surface area contributed by atoms with Crippen LogP contribution in [0.25, 0.3) is 0 Å². The highest BCUT2D eigenvalue weighted by molar-refractivity contribution is 6.23. The smallest absolute Gasteiger partial charge is 0.267 e. The van der Waals surface area contributed by atoms with Gasteiger partial charge in [-0.3, -0.25) is 14.4 Å². The van der Waals surface area contributed by atoms with Gasteiger partial charge in [0.15, 0.2) is 11.9 Å². The number of allylic oxidation sites excluding steroid dienone is 1. The Kier molecular flexibility index (Phi) is 2.66. The summed E-state index contributed by atoms with van der Waals surface area (Å²) in [5, 5.41) is 2.53. The third-order valence-electron chi connectivity index (χ3n) is 3.33. The van der Waals surface area contributed by atoms with E-state index < -0.39 is 23.4 Å². The number of ketones is 2. The highest BCUT2D eigenvalue weighted by atomic mass is 16.6. The predicted octanol–water partition coefficient (Wildman–Crippen LogP) is 0.342. The summed E-state index contributed by atoms with van der Waals surface area (Å²) in [6, 6.07) is 0. The van der Waals surface area contributed by atoms with Crippen molar-refractivity contribution in [3.05, 3.63) is 11.8 Å². The molecule has 2 aliphatic heterocycles. The van der Waals surface area contributed by atoms with Gasteiger partial charge in [0.2, 0.25) is 11.4 Å². The van der Waals surface area contributed by atoms with Crippen LogP contribution in [0.5, 0.6) is 0 Å². The maximum atomic E-state index is 11.9. The second-order valence-corrected chi connectivity index (χ2v) is 4.59. The van der Waals surface area contributed by atoms with Crippen molar-refractivity contribution in [2.75, 3.05) is 0 Å². The highest BCUT2D eigenvalue weighted by Gasteiger charge is 2.71. The Hall–Kier alpha value is -1.49. The van der Waals surface area contributed by atoms with Gasteiger partial charge in [0, 0.05) is 17.7 Å². The Morgan fingerprint density at radius 1 is 1.59 bits per heavy atom. The summed E-state index contributed by atoms with van der Waals surface area (Å²) in [7, 11) is 0. The van der Waals surface area contributed by atoms with Crippen LogP contribution in [0, 0.1) is 5.92 Å². The maximum absolute atomic E-state index is 11.9. The fraction of sp³-hybridized carbons (Fsp3) is 0.583. The van der Waals surface area contributed by atoms with Gasteiger partial charge in [-0.2, -0.15) is 0 Å². The van der Waals surface area contributed by atoms with Gasteiger partial charge in [-0.05, 0) is 13.3 Å². The topological polar surface area (TPSA) is 75.8 Å². The number of carbonyl (C=O) groups is 3. The molecule has 5 heteroatoms. The minimum atomic E-state index is -1.57.